The monoisotopic (exact) mass is 441 g/mol. The van der Waals surface area contributed by atoms with E-state index in [0.29, 0.717) is 0 Å². The van der Waals surface area contributed by atoms with Crippen molar-refractivity contribution in [3.63, 3.8) is 0 Å². The van der Waals surface area contributed by atoms with Crippen LogP contribution in [0.15, 0.2) is 24.3 Å². The van der Waals surface area contributed by atoms with Gasteiger partial charge in [-0.1, -0.05) is 11.6 Å². The minimum Gasteiger partial charge on any atom is -0.444 e. The highest BCUT2D eigenvalue weighted by molar-refractivity contribution is 6.30. The average Bonchev–Trinajstić information content (AvgIpc) is 3.25. The molecule has 1 fully saturated rings. The number of fused-ring (bicyclic) bond motifs is 1. The van der Waals surface area contributed by atoms with E-state index >= 15 is 0 Å². The van der Waals surface area contributed by atoms with Crippen LogP contribution in [0.3, 0.4) is 0 Å². The Morgan fingerprint density at radius 1 is 1.16 bits per heavy atom. The molecule has 0 aliphatic carbocycles. The van der Waals surface area contributed by atoms with E-state index in [4.69, 9.17) is 16.3 Å². The largest absolute Gasteiger partial charge is 0.444 e. The molecule has 2 aromatic rings. The van der Waals surface area contributed by atoms with Crippen molar-refractivity contribution in [1.29, 1.82) is 0 Å². The predicted molar refractivity (Wildman–Crippen MR) is 123 cm³/mol. The van der Waals surface area contributed by atoms with Gasteiger partial charge in [0.15, 0.2) is 0 Å². The fraction of sp³-hybridized carbons (Fsp3) is 0.520. The first kappa shape index (κ1) is 22.1. The molecule has 1 aromatic heterocycles. The number of hydrogen-bond acceptors (Lipinski definition) is 4. The summed E-state index contributed by atoms with van der Waals surface area (Å²) < 4.78 is 5.68. The van der Waals surface area contributed by atoms with Crippen LogP contribution in [0.2, 0.25) is 5.02 Å². The summed E-state index contributed by atoms with van der Waals surface area (Å²) in [6.45, 7) is 13.1. The molecule has 0 radical (unpaired) electrons. The van der Waals surface area contributed by atoms with Gasteiger partial charge in [0.2, 0.25) is 0 Å². The van der Waals surface area contributed by atoms with Crippen LogP contribution in [0, 0.1) is 13.8 Å². The Kier molecular flexibility index (Phi) is 6.01. The molecule has 1 amide bonds. The second kappa shape index (κ2) is 8.44. The molecular weight excluding hydrogens is 410 g/mol. The van der Waals surface area contributed by atoms with Gasteiger partial charge in [0.1, 0.15) is 5.60 Å². The van der Waals surface area contributed by atoms with Gasteiger partial charge in [-0.15, -0.1) is 0 Å². The van der Waals surface area contributed by atoms with Gasteiger partial charge < -0.3 is 9.64 Å². The van der Waals surface area contributed by atoms with E-state index in [1.165, 1.54) is 22.3 Å². The van der Waals surface area contributed by atoms with Gasteiger partial charge in [0.25, 0.3) is 0 Å². The van der Waals surface area contributed by atoms with Crippen LogP contribution < -0.4 is 0 Å². The van der Waals surface area contributed by atoms with Crippen molar-refractivity contribution in [2.75, 3.05) is 6.54 Å². The molecule has 5 nitrogen and oxygen atoms in total. The summed E-state index contributed by atoms with van der Waals surface area (Å²) in [7, 11) is 0. The second-order valence-electron chi connectivity index (χ2n) is 9.87. The third kappa shape index (κ3) is 5.04. The summed E-state index contributed by atoms with van der Waals surface area (Å²) in [5, 5.41) is 0.738. The lowest BCUT2D eigenvalue weighted by Crippen LogP contribution is -2.36. The minimum atomic E-state index is -0.502. The third-order valence-corrected chi connectivity index (χ3v) is 6.12. The van der Waals surface area contributed by atoms with Crippen LogP contribution in [0.1, 0.15) is 73.3 Å². The summed E-state index contributed by atoms with van der Waals surface area (Å²) >= 11 is 6.53. The summed E-state index contributed by atoms with van der Waals surface area (Å²) in [6, 6.07) is 8.47. The van der Waals surface area contributed by atoms with Gasteiger partial charge in [0, 0.05) is 42.6 Å². The van der Waals surface area contributed by atoms with E-state index in [1.54, 1.807) is 0 Å². The zero-order valence-corrected chi connectivity index (χ0v) is 19.9. The Morgan fingerprint density at radius 2 is 1.87 bits per heavy atom. The van der Waals surface area contributed by atoms with Gasteiger partial charge in [0.05, 0.1) is 6.04 Å². The zero-order chi connectivity index (χ0) is 22.3. The molecule has 0 saturated carbocycles. The summed E-state index contributed by atoms with van der Waals surface area (Å²) in [5.41, 5.74) is 6.63. The maximum absolute atomic E-state index is 12.9. The Bertz CT molecular complexity index is 979. The molecule has 6 heteroatoms. The zero-order valence-electron chi connectivity index (χ0n) is 19.2. The van der Waals surface area contributed by atoms with Crippen LogP contribution >= 0.6 is 11.6 Å². The van der Waals surface area contributed by atoms with E-state index in [2.05, 4.69) is 34.1 Å². The molecule has 2 aliphatic heterocycles. The molecule has 4 rings (SSSR count). The predicted octanol–water partition coefficient (Wildman–Crippen LogP) is 5.94. The van der Waals surface area contributed by atoms with Crippen LogP contribution in [0.4, 0.5) is 4.79 Å². The molecule has 1 saturated heterocycles. The first-order valence-electron chi connectivity index (χ1n) is 11.1. The number of halogens is 1. The molecule has 0 unspecified atom stereocenters. The van der Waals surface area contributed by atoms with Gasteiger partial charge in [-0.05, 0) is 94.0 Å². The number of ether oxygens (including phenoxy) is 1. The van der Waals surface area contributed by atoms with Crippen LogP contribution in [0.25, 0.3) is 0 Å². The maximum atomic E-state index is 12.9. The Labute approximate surface area is 190 Å². The van der Waals surface area contributed by atoms with Crippen LogP contribution in [0.5, 0.6) is 0 Å². The molecule has 0 bridgehead atoms. The van der Waals surface area contributed by atoms with Crippen molar-refractivity contribution >= 4 is 17.7 Å². The number of pyridine rings is 1. The van der Waals surface area contributed by atoms with E-state index in [0.717, 1.165) is 55.4 Å². The van der Waals surface area contributed by atoms with Gasteiger partial charge in [-0.25, -0.2) is 4.79 Å². The van der Waals surface area contributed by atoms with E-state index < -0.39 is 5.60 Å². The highest BCUT2D eigenvalue weighted by atomic mass is 35.5. The Hall–Kier alpha value is -2.11. The lowest BCUT2D eigenvalue weighted by molar-refractivity contribution is 0.0224. The molecule has 3 heterocycles. The fourth-order valence-corrected chi connectivity index (χ4v) is 5.13. The van der Waals surface area contributed by atoms with Gasteiger partial charge >= 0.3 is 6.09 Å². The highest BCUT2D eigenvalue weighted by Gasteiger charge is 2.36. The molecular formula is C25H32ClN3O2. The number of carbonyl (C=O) groups excluding carboxylic acids is 1. The van der Waals surface area contributed by atoms with Crippen molar-refractivity contribution in [2.24, 2.45) is 0 Å². The van der Waals surface area contributed by atoms with E-state index in [-0.39, 0.29) is 12.1 Å². The molecule has 0 N–H and O–H groups in total. The second-order valence-corrected chi connectivity index (χ2v) is 10.3. The molecule has 166 valence electrons. The topological polar surface area (TPSA) is 45.7 Å². The number of carbonyl (C=O) groups is 1. The van der Waals surface area contributed by atoms with E-state index in [9.17, 15) is 4.79 Å². The number of amides is 1. The molecule has 2 aliphatic rings. The van der Waals surface area contributed by atoms with Crippen molar-refractivity contribution in [3.8, 4) is 0 Å². The average molecular weight is 442 g/mol. The summed E-state index contributed by atoms with van der Waals surface area (Å²) in [4.78, 5) is 21.7. The number of likely N-dealkylation sites (tertiary alicyclic amines) is 1. The minimum absolute atomic E-state index is 0.0210. The van der Waals surface area contributed by atoms with Crippen LogP contribution in [-0.4, -0.2) is 33.0 Å². The Balaban J connectivity index is 1.58. The first-order chi connectivity index (χ1) is 14.6. The molecule has 1 aromatic carbocycles. The molecule has 31 heavy (non-hydrogen) atoms. The van der Waals surface area contributed by atoms with Crippen molar-refractivity contribution in [3.05, 3.63) is 62.9 Å². The smallest absolute Gasteiger partial charge is 0.410 e. The SMILES string of the molecule is Cc1cc(CN2Cc3cc(Cl)cc([C@@H]4CCCN4C(=O)OC(C)(C)C)c3C2)cc(C)n1. The van der Waals surface area contributed by atoms with Gasteiger partial charge in [-0.3, -0.25) is 9.88 Å². The van der Waals surface area contributed by atoms with Gasteiger partial charge in [-0.2, -0.15) is 0 Å². The lowest BCUT2D eigenvalue weighted by Gasteiger charge is -2.30. The summed E-state index contributed by atoms with van der Waals surface area (Å²) in [6.07, 6.45) is 1.68. The fourth-order valence-electron chi connectivity index (χ4n) is 4.88. The number of nitrogens with zero attached hydrogens (tertiary/aromatic N) is 3. The molecule has 0 spiro atoms. The first-order valence-corrected chi connectivity index (χ1v) is 11.4. The number of benzene rings is 1. The third-order valence-electron chi connectivity index (χ3n) is 5.90. The van der Waals surface area contributed by atoms with Crippen LogP contribution in [-0.2, 0) is 24.4 Å². The Morgan fingerprint density at radius 3 is 2.55 bits per heavy atom. The number of aryl methyl sites for hydroxylation is 2. The van der Waals surface area contributed by atoms with Crippen molar-refractivity contribution < 1.29 is 9.53 Å². The maximum Gasteiger partial charge on any atom is 0.410 e. The molecule has 1 atom stereocenters. The summed E-state index contributed by atoms with van der Waals surface area (Å²) in [5.74, 6) is 0. The number of hydrogen-bond donors (Lipinski definition) is 0. The standard InChI is InChI=1S/C25H32ClN3O2/c1-16-9-18(10-17(2)27-16)13-28-14-19-11-20(26)12-21(22(19)15-28)23-7-6-8-29(23)24(30)31-25(3,4)5/h9-12,23H,6-8,13-15H2,1-5H3/t23-/m0/s1. The normalized spacial score (nSPS) is 19.0. The van der Waals surface area contributed by atoms with Crippen molar-refractivity contribution in [2.45, 2.75) is 78.7 Å². The van der Waals surface area contributed by atoms with E-state index in [1.807, 2.05) is 39.5 Å². The quantitative estimate of drug-likeness (QED) is 0.591. The lowest BCUT2D eigenvalue weighted by atomic mass is 9.96. The van der Waals surface area contributed by atoms with Crippen molar-refractivity contribution in [1.82, 2.24) is 14.8 Å². The number of rotatable bonds is 3. The highest BCUT2D eigenvalue weighted by Crippen LogP contribution is 2.40. The number of aromatic nitrogens is 1.